The Bertz CT molecular complexity index is 492. The first-order valence-corrected chi connectivity index (χ1v) is 7.31. The van der Waals surface area contributed by atoms with Gasteiger partial charge in [0.1, 0.15) is 0 Å². The van der Waals surface area contributed by atoms with E-state index in [4.69, 9.17) is 0 Å². The Hall–Kier alpha value is -1.65. The number of nitrogens with one attached hydrogen (secondary N) is 1. The normalized spacial score (nSPS) is 22.1. The zero-order valence-corrected chi connectivity index (χ0v) is 12.3. The van der Waals surface area contributed by atoms with Gasteiger partial charge in [-0.1, -0.05) is 6.92 Å². The first kappa shape index (κ1) is 14.8. The third-order valence-corrected chi connectivity index (χ3v) is 3.96. The summed E-state index contributed by atoms with van der Waals surface area (Å²) in [6.45, 7) is 6.53. The molecule has 2 atom stereocenters. The summed E-state index contributed by atoms with van der Waals surface area (Å²) in [6, 6.07) is 1.85. The molecule has 1 fully saturated rings. The van der Waals surface area contributed by atoms with E-state index in [0.29, 0.717) is 6.54 Å². The molecule has 1 N–H and O–H groups in total. The lowest BCUT2D eigenvalue weighted by Crippen LogP contribution is -2.40. The van der Waals surface area contributed by atoms with Crippen LogP contribution in [0, 0.1) is 5.82 Å². The highest BCUT2D eigenvalue weighted by molar-refractivity contribution is 5.95. The maximum Gasteiger partial charge on any atom is 0.257 e. The van der Waals surface area contributed by atoms with Gasteiger partial charge in [0.25, 0.3) is 5.91 Å². The molecular formula is C15H22FN3O. The lowest BCUT2D eigenvalue weighted by Gasteiger charge is -2.28. The fraction of sp³-hybridized carbons (Fsp3) is 0.600. The first-order valence-electron chi connectivity index (χ1n) is 7.31. The average molecular weight is 279 g/mol. The van der Waals surface area contributed by atoms with Gasteiger partial charge in [-0.2, -0.15) is 0 Å². The number of halogens is 1. The molecule has 110 valence electrons. The number of hydrogen-bond acceptors (Lipinski definition) is 3. The minimum atomic E-state index is -0.548. The van der Waals surface area contributed by atoms with E-state index in [2.05, 4.69) is 17.2 Å². The molecule has 1 aromatic rings. The van der Waals surface area contributed by atoms with Gasteiger partial charge in [-0.3, -0.25) is 4.79 Å². The molecule has 1 aromatic heterocycles. The van der Waals surface area contributed by atoms with Crippen LogP contribution in [0.5, 0.6) is 0 Å². The van der Waals surface area contributed by atoms with Crippen LogP contribution in [0.2, 0.25) is 0 Å². The molecule has 4 nitrogen and oxygen atoms in total. The molecule has 0 spiro atoms. The van der Waals surface area contributed by atoms with Crippen LogP contribution < -0.4 is 5.32 Å². The second-order valence-corrected chi connectivity index (χ2v) is 5.25. The Labute approximate surface area is 119 Å². The monoisotopic (exact) mass is 279 g/mol. The molecule has 2 rings (SSSR count). The largest absolute Gasteiger partial charge is 0.368 e. The van der Waals surface area contributed by atoms with E-state index in [1.807, 2.05) is 18.7 Å². The van der Waals surface area contributed by atoms with Crippen molar-refractivity contribution in [3.8, 4) is 0 Å². The van der Waals surface area contributed by atoms with Gasteiger partial charge in [0, 0.05) is 24.8 Å². The molecule has 20 heavy (non-hydrogen) atoms. The standard InChI is InChI=1S/C15H22FN3O/c1-4-11-7-6-10(3)19(11)15(20)12-8-9-18-14(13(12)16)17-5-2/h8-11H,4-7H2,1-3H3,(H,17,18). The van der Waals surface area contributed by atoms with E-state index >= 15 is 0 Å². The summed E-state index contributed by atoms with van der Waals surface area (Å²) in [6.07, 6.45) is 4.37. The number of carbonyl (C=O) groups excluding carboxylic acids is 1. The number of rotatable bonds is 4. The summed E-state index contributed by atoms with van der Waals surface area (Å²) in [4.78, 5) is 18.4. The molecule has 0 saturated carbocycles. The van der Waals surface area contributed by atoms with Gasteiger partial charge in [-0.05, 0) is 39.2 Å². The predicted octanol–water partition coefficient (Wildman–Crippen LogP) is 3.06. The summed E-state index contributed by atoms with van der Waals surface area (Å²) < 4.78 is 14.3. The number of nitrogens with zero attached hydrogens (tertiary/aromatic N) is 2. The third kappa shape index (κ3) is 2.62. The molecule has 2 unspecified atom stereocenters. The van der Waals surface area contributed by atoms with Crippen molar-refractivity contribution in [2.45, 2.75) is 52.1 Å². The summed E-state index contributed by atoms with van der Waals surface area (Å²) in [7, 11) is 0. The number of likely N-dealkylation sites (tertiary alicyclic amines) is 1. The highest BCUT2D eigenvalue weighted by atomic mass is 19.1. The zero-order chi connectivity index (χ0) is 14.7. The summed E-state index contributed by atoms with van der Waals surface area (Å²) in [5, 5.41) is 2.84. The van der Waals surface area contributed by atoms with Crippen LogP contribution in [0.4, 0.5) is 10.2 Å². The quantitative estimate of drug-likeness (QED) is 0.921. The summed E-state index contributed by atoms with van der Waals surface area (Å²) >= 11 is 0. The van der Waals surface area contributed by atoms with Gasteiger partial charge < -0.3 is 10.2 Å². The highest BCUT2D eigenvalue weighted by Gasteiger charge is 2.35. The van der Waals surface area contributed by atoms with Gasteiger partial charge in [0.05, 0.1) is 5.56 Å². The van der Waals surface area contributed by atoms with Crippen LogP contribution >= 0.6 is 0 Å². The third-order valence-electron chi connectivity index (χ3n) is 3.96. The Morgan fingerprint density at radius 3 is 2.90 bits per heavy atom. The van der Waals surface area contributed by atoms with Crippen molar-refractivity contribution in [3.63, 3.8) is 0 Å². The van der Waals surface area contributed by atoms with Gasteiger partial charge in [0.2, 0.25) is 0 Å². The number of hydrogen-bond donors (Lipinski definition) is 1. The Kier molecular flexibility index (Phi) is 4.57. The van der Waals surface area contributed by atoms with Crippen LogP contribution in [0.25, 0.3) is 0 Å². The van der Waals surface area contributed by atoms with Crippen LogP contribution in [0.1, 0.15) is 50.4 Å². The molecule has 1 saturated heterocycles. The summed E-state index contributed by atoms with van der Waals surface area (Å²) in [5.74, 6) is -0.618. The number of anilines is 1. The number of amides is 1. The fourth-order valence-corrected chi connectivity index (χ4v) is 2.88. The van der Waals surface area contributed by atoms with Gasteiger partial charge in [-0.25, -0.2) is 9.37 Å². The van der Waals surface area contributed by atoms with E-state index in [1.165, 1.54) is 12.3 Å². The van der Waals surface area contributed by atoms with E-state index in [0.717, 1.165) is 19.3 Å². The maximum absolute atomic E-state index is 14.3. The van der Waals surface area contributed by atoms with Gasteiger partial charge in [-0.15, -0.1) is 0 Å². The molecule has 0 bridgehead atoms. The zero-order valence-electron chi connectivity index (χ0n) is 12.3. The highest BCUT2D eigenvalue weighted by Crippen LogP contribution is 2.29. The average Bonchev–Trinajstić information content (AvgIpc) is 2.81. The van der Waals surface area contributed by atoms with Crippen LogP contribution in [0.15, 0.2) is 12.3 Å². The van der Waals surface area contributed by atoms with Crippen molar-refractivity contribution in [2.24, 2.45) is 0 Å². The van der Waals surface area contributed by atoms with Crippen LogP contribution in [-0.4, -0.2) is 34.4 Å². The Morgan fingerprint density at radius 2 is 2.25 bits per heavy atom. The van der Waals surface area contributed by atoms with Crippen molar-refractivity contribution in [1.29, 1.82) is 0 Å². The molecule has 5 heteroatoms. The lowest BCUT2D eigenvalue weighted by atomic mass is 10.1. The van der Waals surface area contributed by atoms with Crippen molar-refractivity contribution < 1.29 is 9.18 Å². The molecule has 0 radical (unpaired) electrons. The molecule has 0 aromatic carbocycles. The topological polar surface area (TPSA) is 45.2 Å². The van der Waals surface area contributed by atoms with Crippen LogP contribution in [0.3, 0.4) is 0 Å². The Morgan fingerprint density at radius 1 is 1.50 bits per heavy atom. The minimum absolute atomic E-state index is 0.114. The molecule has 1 amide bonds. The lowest BCUT2D eigenvalue weighted by molar-refractivity contribution is 0.0671. The van der Waals surface area contributed by atoms with E-state index in [-0.39, 0.29) is 29.4 Å². The Balaban J connectivity index is 2.31. The number of pyridine rings is 1. The first-order chi connectivity index (χ1) is 9.60. The van der Waals surface area contributed by atoms with Crippen LogP contribution in [-0.2, 0) is 0 Å². The van der Waals surface area contributed by atoms with E-state index in [9.17, 15) is 9.18 Å². The number of aromatic nitrogens is 1. The van der Waals surface area contributed by atoms with Crippen molar-refractivity contribution in [2.75, 3.05) is 11.9 Å². The number of carbonyl (C=O) groups is 1. The SMILES string of the molecule is CCNc1nccc(C(=O)N2C(C)CCC2CC)c1F. The minimum Gasteiger partial charge on any atom is -0.368 e. The van der Waals surface area contributed by atoms with Crippen molar-refractivity contribution >= 4 is 11.7 Å². The van der Waals surface area contributed by atoms with Gasteiger partial charge in [0.15, 0.2) is 11.6 Å². The van der Waals surface area contributed by atoms with Crippen molar-refractivity contribution in [3.05, 3.63) is 23.6 Å². The molecule has 1 aliphatic rings. The molecule has 0 aliphatic carbocycles. The van der Waals surface area contributed by atoms with E-state index < -0.39 is 5.82 Å². The van der Waals surface area contributed by atoms with Gasteiger partial charge >= 0.3 is 0 Å². The van der Waals surface area contributed by atoms with E-state index in [1.54, 1.807) is 0 Å². The molecule has 2 heterocycles. The predicted molar refractivity (Wildman–Crippen MR) is 77.3 cm³/mol. The summed E-state index contributed by atoms with van der Waals surface area (Å²) in [5.41, 5.74) is 0.114. The second kappa shape index (κ2) is 6.20. The smallest absolute Gasteiger partial charge is 0.257 e. The molecular weight excluding hydrogens is 257 g/mol. The second-order valence-electron chi connectivity index (χ2n) is 5.25. The maximum atomic E-state index is 14.3. The van der Waals surface area contributed by atoms with Crippen molar-refractivity contribution in [1.82, 2.24) is 9.88 Å². The fourth-order valence-electron chi connectivity index (χ4n) is 2.88. The molecule has 1 aliphatic heterocycles.